The van der Waals surface area contributed by atoms with Gasteiger partial charge in [-0.3, -0.25) is 13.8 Å². The second-order valence-corrected chi connectivity index (χ2v) is 8.10. The van der Waals surface area contributed by atoms with Gasteiger partial charge >= 0.3 is 0 Å². The molecule has 0 aliphatic rings. The first kappa shape index (κ1) is 18.7. The molecule has 0 N–H and O–H groups in total. The number of thioether (sulfide) groups is 1. The summed E-state index contributed by atoms with van der Waals surface area (Å²) >= 11 is 1.41. The zero-order valence-corrected chi connectivity index (χ0v) is 16.6. The van der Waals surface area contributed by atoms with Gasteiger partial charge in [-0.1, -0.05) is 55.9 Å². The van der Waals surface area contributed by atoms with E-state index in [9.17, 15) is 9.18 Å². The van der Waals surface area contributed by atoms with Crippen molar-refractivity contribution in [2.75, 3.05) is 0 Å². The predicted octanol–water partition coefficient (Wildman–Crippen LogP) is 4.52. The van der Waals surface area contributed by atoms with Crippen LogP contribution >= 0.6 is 11.8 Å². The van der Waals surface area contributed by atoms with Crippen molar-refractivity contribution < 1.29 is 4.39 Å². The van der Waals surface area contributed by atoms with Gasteiger partial charge in [-0.25, -0.2) is 4.39 Å². The molecule has 144 valence electrons. The van der Waals surface area contributed by atoms with Crippen LogP contribution in [0.3, 0.4) is 0 Å². The number of benzene rings is 2. The Kier molecular flexibility index (Phi) is 5.17. The van der Waals surface area contributed by atoms with Gasteiger partial charge in [-0.15, -0.1) is 10.2 Å². The van der Waals surface area contributed by atoms with Crippen molar-refractivity contribution in [3.8, 4) is 0 Å². The van der Waals surface area contributed by atoms with Gasteiger partial charge in [0.15, 0.2) is 5.16 Å². The number of aromatic nitrogens is 4. The van der Waals surface area contributed by atoms with E-state index < -0.39 is 0 Å². The van der Waals surface area contributed by atoms with Crippen molar-refractivity contribution in [3.05, 3.63) is 70.3 Å². The normalized spacial score (nSPS) is 11.7. The lowest BCUT2D eigenvalue weighted by atomic mass is 10.1. The molecule has 2 aromatic carbocycles. The molecule has 2 heterocycles. The monoisotopic (exact) mass is 396 g/mol. The Hall–Kier alpha value is -2.67. The third-order valence-electron chi connectivity index (χ3n) is 4.72. The number of nitrogens with zero attached hydrogens (tertiary/aromatic N) is 4. The number of rotatable bonds is 6. The molecule has 7 heteroatoms. The van der Waals surface area contributed by atoms with Crippen molar-refractivity contribution in [1.29, 1.82) is 0 Å². The first-order chi connectivity index (χ1) is 13.6. The largest absolute Gasteiger partial charge is 0.276 e. The van der Waals surface area contributed by atoms with E-state index in [1.165, 1.54) is 17.8 Å². The van der Waals surface area contributed by atoms with E-state index in [1.807, 2.05) is 34.7 Å². The van der Waals surface area contributed by atoms with E-state index in [2.05, 4.69) is 24.0 Å². The van der Waals surface area contributed by atoms with Gasteiger partial charge < -0.3 is 0 Å². The maximum absolute atomic E-state index is 14.0. The molecule has 0 aliphatic carbocycles. The van der Waals surface area contributed by atoms with Crippen LogP contribution in [-0.2, 0) is 12.3 Å². The number of para-hydroxylation sites is 1. The highest BCUT2D eigenvalue weighted by molar-refractivity contribution is 7.98. The fourth-order valence-electron chi connectivity index (χ4n) is 3.17. The van der Waals surface area contributed by atoms with Crippen LogP contribution in [0.1, 0.15) is 25.8 Å². The molecule has 2 aromatic heterocycles. The average molecular weight is 396 g/mol. The molecule has 0 bridgehead atoms. The van der Waals surface area contributed by atoms with Crippen LogP contribution in [0.25, 0.3) is 16.7 Å². The highest BCUT2D eigenvalue weighted by Gasteiger charge is 2.17. The number of halogens is 1. The molecule has 0 atom stereocenters. The van der Waals surface area contributed by atoms with Gasteiger partial charge in [0.2, 0.25) is 5.78 Å². The van der Waals surface area contributed by atoms with E-state index in [0.717, 1.165) is 11.9 Å². The first-order valence-corrected chi connectivity index (χ1v) is 10.3. The van der Waals surface area contributed by atoms with Crippen molar-refractivity contribution in [3.63, 3.8) is 0 Å². The summed E-state index contributed by atoms with van der Waals surface area (Å²) in [4.78, 5) is 13.0. The van der Waals surface area contributed by atoms with Crippen LogP contribution < -0.4 is 5.56 Å². The third-order valence-corrected chi connectivity index (χ3v) is 5.70. The molecule has 4 aromatic rings. The summed E-state index contributed by atoms with van der Waals surface area (Å²) in [5.74, 6) is 1.20. The fraction of sp³-hybridized carbons (Fsp3) is 0.286. The van der Waals surface area contributed by atoms with Gasteiger partial charge in [0, 0.05) is 12.3 Å². The maximum atomic E-state index is 14.0. The number of hydrogen-bond donors (Lipinski definition) is 0. The molecule has 5 nitrogen and oxygen atoms in total. The lowest BCUT2D eigenvalue weighted by molar-refractivity contribution is 0.512. The molecular weight excluding hydrogens is 375 g/mol. The van der Waals surface area contributed by atoms with Gasteiger partial charge in [0.05, 0.1) is 10.9 Å². The zero-order valence-electron chi connectivity index (χ0n) is 15.8. The molecule has 0 saturated carbocycles. The smallest absolute Gasteiger partial charge is 0.262 e. The Morgan fingerprint density at radius 3 is 2.61 bits per heavy atom. The summed E-state index contributed by atoms with van der Waals surface area (Å²) in [6.07, 6.45) is 0.873. The molecule has 0 radical (unpaired) electrons. The number of fused-ring (bicyclic) bond motifs is 3. The first-order valence-electron chi connectivity index (χ1n) is 9.29. The molecular formula is C21H21FN4OS. The molecule has 28 heavy (non-hydrogen) atoms. The Morgan fingerprint density at radius 2 is 1.82 bits per heavy atom. The molecule has 0 unspecified atom stereocenters. The summed E-state index contributed by atoms with van der Waals surface area (Å²) in [6, 6.07) is 14.2. The van der Waals surface area contributed by atoms with Crippen LogP contribution in [0.15, 0.2) is 58.5 Å². The summed E-state index contributed by atoms with van der Waals surface area (Å²) in [5, 5.41) is 9.89. The minimum atomic E-state index is -0.234. The molecule has 0 fully saturated rings. The standard InChI is InChI=1S/C21H21FN4OS/c1-14(2)11-12-25-19(27)16-8-4-6-10-18(16)26-20(25)23-24-21(26)28-13-15-7-3-5-9-17(15)22/h3-10,14H,11-13H2,1-2H3. The Morgan fingerprint density at radius 1 is 1.07 bits per heavy atom. The maximum Gasteiger partial charge on any atom is 0.262 e. The van der Waals surface area contributed by atoms with Gasteiger partial charge in [-0.05, 0) is 36.1 Å². The zero-order chi connectivity index (χ0) is 19.7. The van der Waals surface area contributed by atoms with Crippen LogP contribution in [0.5, 0.6) is 0 Å². The lowest BCUT2D eigenvalue weighted by Gasteiger charge is -2.12. The van der Waals surface area contributed by atoms with Gasteiger partial charge in [0.1, 0.15) is 5.82 Å². The second-order valence-electron chi connectivity index (χ2n) is 7.15. The molecule has 4 rings (SSSR count). The minimum absolute atomic E-state index is 0.0539. The topological polar surface area (TPSA) is 52.2 Å². The molecule has 0 amide bonds. The third kappa shape index (κ3) is 3.42. The van der Waals surface area contributed by atoms with Gasteiger partial charge in [-0.2, -0.15) is 0 Å². The number of aryl methyl sites for hydroxylation is 1. The fourth-order valence-corrected chi connectivity index (χ4v) is 4.10. The quantitative estimate of drug-likeness (QED) is 0.450. The lowest BCUT2D eigenvalue weighted by Crippen LogP contribution is -2.24. The van der Waals surface area contributed by atoms with E-state index in [0.29, 0.717) is 40.1 Å². The highest BCUT2D eigenvalue weighted by atomic mass is 32.2. The van der Waals surface area contributed by atoms with Crippen molar-refractivity contribution in [2.24, 2.45) is 5.92 Å². The van der Waals surface area contributed by atoms with Crippen molar-refractivity contribution in [2.45, 2.75) is 37.7 Å². The molecule has 0 spiro atoms. The SMILES string of the molecule is CC(C)CCn1c(=O)c2ccccc2n2c(SCc3ccccc3F)nnc12. The van der Waals surface area contributed by atoms with Crippen molar-refractivity contribution >= 4 is 28.4 Å². The Bertz CT molecular complexity index is 1200. The van der Waals surface area contributed by atoms with E-state index in [4.69, 9.17) is 0 Å². The van der Waals surface area contributed by atoms with E-state index in [1.54, 1.807) is 16.7 Å². The Balaban J connectivity index is 1.82. The Labute approximate surface area is 166 Å². The second kappa shape index (κ2) is 7.75. The molecule has 0 aliphatic heterocycles. The van der Waals surface area contributed by atoms with E-state index in [-0.39, 0.29) is 11.4 Å². The van der Waals surface area contributed by atoms with E-state index >= 15 is 0 Å². The average Bonchev–Trinajstić information content (AvgIpc) is 3.11. The summed E-state index contributed by atoms with van der Waals surface area (Å²) in [7, 11) is 0. The minimum Gasteiger partial charge on any atom is -0.276 e. The predicted molar refractivity (Wildman–Crippen MR) is 110 cm³/mol. The molecule has 0 saturated heterocycles. The summed E-state index contributed by atoms with van der Waals surface area (Å²) < 4.78 is 17.6. The van der Waals surface area contributed by atoms with Crippen molar-refractivity contribution in [1.82, 2.24) is 19.2 Å². The highest BCUT2D eigenvalue weighted by Crippen LogP contribution is 2.25. The summed E-state index contributed by atoms with van der Waals surface area (Å²) in [6.45, 7) is 4.84. The van der Waals surface area contributed by atoms with Crippen LogP contribution in [0.2, 0.25) is 0 Å². The summed E-state index contributed by atoms with van der Waals surface area (Å²) in [5.41, 5.74) is 1.33. The van der Waals surface area contributed by atoms with Crippen LogP contribution in [0.4, 0.5) is 4.39 Å². The number of hydrogen-bond acceptors (Lipinski definition) is 4. The van der Waals surface area contributed by atoms with Crippen LogP contribution in [-0.4, -0.2) is 19.2 Å². The van der Waals surface area contributed by atoms with Crippen LogP contribution in [0, 0.1) is 11.7 Å². The van der Waals surface area contributed by atoms with Gasteiger partial charge in [0.25, 0.3) is 5.56 Å².